The topological polar surface area (TPSA) is 71.5 Å². The molecule has 0 radical (unpaired) electrons. The van der Waals surface area contributed by atoms with Gasteiger partial charge in [-0.3, -0.25) is 9.34 Å². The van der Waals surface area contributed by atoms with Crippen LogP contribution in [0.3, 0.4) is 0 Å². The molecule has 0 saturated heterocycles. The van der Waals surface area contributed by atoms with Gasteiger partial charge in [-0.25, -0.2) is 9.13 Å². The molecule has 54 heavy (non-hydrogen) atoms. The number of hydrogen-bond acceptors (Lipinski definition) is 6. The first-order valence-corrected chi connectivity index (χ1v) is 22.8. The minimum absolute atomic E-state index is 0.367. The monoisotopic (exact) mass is 764 g/mol. The van der Waals surface area contributed by atoms with Gasteiger partial charge in [-0.1, -0.05) is 91.0 Å². The third-order valence-corrected chi connectivity index (χ3v) is 17.6. The molecule has 0 saturated carbocycles. The zero-order valence-electron chi connectivity index (χ0n) is 29.0. The summed E-state index contributed by atoms with van der Waals surface area (Å²) in [5.74, 6) is 1.72. The van der Waals surface area contributed by atoms with Gasteiger partial charge >= 0.3 is 22.7 Å². The van der Waals surface area contributed by atoms with Crippen LogP contribution in [-0.4, -0.2) is 6.66 Å². The van der Waals surface area contributed by atoms with Crippen molar-refractivity contribution in [2.45, 2.75) is 0 Å². The smallest absolute Gasteiger partial charge is 0.379 e. The summed E-state index contributed by atoms with van der Waals surface area (Å²) in [6.07, 6.45) is 0. The molecule has 7 aromatic rings. The molecule has 10 rings (SSSR count). The predicted molar refractivity (Wildman–Crippen MR) is 220 cm³/mol. The van der Waals surface area contributed by atoms with E-state index in [-0.39, 0.29) is 0 Å². The van der Waals surface area contributed by atoms with Crippen molar-refractivity contribution in [1.29, 1.82) is 0 Å². The highest BCUT2D eigenvalue weighted by Crippen LogP contribution is 2.71. The van der Waals surface area contributed by atoms with Crippen LogP contribution in [0.15, 0.2) is 182 Å². The van der Waals surface area contributed by atoms with Crippen LogP contribution in [0.4, 0.5) is 34.1 Å². The first kappa shape index (κ1) is 32.8. The first-order chi connectivity index (χ1) is 26.4. The van der Waals surface area contributed by atoms with Crippen molar-refractivity contribution in [3.63, 3.8) is 0 Å². The maximum atomic E-state index is 16.0. The summed E-state index contributed by atoms with van der Waals surface area (Å²) in [6.45, 7) is 2.09. The molecule has 8 nitrogen and oxygen atoms in total. The largest absolute Gasteiger partial charge is 0.423 e. The van der Waals surface area contributed by atoms with Gasteiger partial charge in [-0.05, 0) is 78.9 Å². The van der Waals surface area contributed by atoms with Crippen molar-refractivity contribution in [2.75, 3.05) is 20.7 Å². The lowest BCUT2D eigenvalue weighted by Crippen LogP contribution is -2.34. The Bertz CT molecular complexity index is 2540. The summed E-state index contributed by atoms with van der Waals surface area (Å²) in [5, 5.41) is 1.46. The molecule has 0 N–H and O–H groups in total. The highest BCUT2D eigenvalue weighted by atomic mass is 31.2. The van der Waals surface area contributed by atoms with E-state index in [1.54, 1.807) is 15.4 Å². The third-order valence-electron chi connectivity index (χ3n) is 9.93. The lowest BCUT2D eigenvalue weighted by Gasteiger charge is -2.30. The average Bonchev–Trinajstić information content (AvgIpc) is 3.83. The van der Waals surface area contributed by atoms with Gasteiger partial charge in [0.2, 0.25) is 5.75 Å². The molecular formula is C43H33N3O5P3+. The van der Waals surface area contributed by atoms with Crippen molar-refractivity contribution >= 4 is 72.7 Å². The van der Waals surface area contributed by atoms with E-state index >= 15 is 9.13 Å². The number of nitrogens with zero attached hydrogens (tertiary/aromatic N) is 3. The molecule has 0 fully saturated rings. The Hall–Kier alpha value is -5.77. The van der Waals surface area contributed by atoms with Crippen molar-refractivity contribution in [2.24, 2.45) is 0 Å². The van der Waals surface area contributed by atoms with Crippen LogP contribution in [0.1, 0.15) is 0 Å². The summed E-state index contributed by atoms with van der Waals surface area (Å²) < 4.78 is 58.0. The van der Waals surface area contributed by atoms with E-state index in [9.17, 15) is 0 Å². The highest BCUT2D eigenvalue weighted by molar-refractivity contribution is 7.80. The second-order valence-corrected chi connectivity index (χ2v) is 20.4. The third kappa shape index (κ3) is 4.95. The molecule has 0 aromatic heterocycles. The van der Waals surface area contributed by atoms with Gasteiger partial charge in [0.15, 0.2) is 16.8 Å². The van der Waals surface area contributed by atoms with Gasteiger partial charge < -0.3 is 13.6 Å². The van der Waals surface area contributed by atoms with Crippen molar-refractivity contribution in [3.8, 4) is 17.2 Å². The fraction of sp³-hybridized carbons (Fsp3) is 0.0233. The second-order valence-electron chi connectivity index (χ2n) is 13.2. The number of rotatable bonds is 6. The van der Waals surface area contributed by atoms with Crippen LogP contribution >= 0.6 is 22.7 Å². The Morgan fingerprint density at radius 1 is 0.444 bits per heavy atom. The molecule has 3 atom stereocenters. The molecule has 3 heterocycles. The Morgan fingerprint density at radius 3 is 1.31 bits per heavy atom. The zero-order chi connectivity index (χ0) is 36.5. The van der Waals surface area contributed by atoms with Gasteiger partial charge in [-0.2, -0.15) is 4.67 Å². The van der Waals surface area contributed by atoms with Crippen LogP contribution in [0.2, 0.25) is 0 Å². The Morgan fingerprint density at radius 2 is 0.833 bits per heavy atom. The summed E-state index contributed by atoms with van der Waals surface area (Å²) in [5.41, 5.74) is 4.62. The molecule has 7 aromatic carbocycles. The molecular weight excluding hydrogens is 731 g/mol. The van der Waals surface area contributed by atoms with Crippen molar-refractivity contribution < 1.29 is 22.7 Å². The molecule has 0 aliphatic carbocycles. The Kier molecular flexibility index (Phi) is 7.54. The maximum absolute atomic E-state index is 16.0. The number of para-hydroxylation sites is 9. The average molecular weight is 765 g/mol. The summed E-state index contributed by atoms with van der Waals surface area (Å²) in [7, 11) is -10.8. The van der Waals surface area contributed by atoms with Gasteiger partial charge in [0, 0.05) is 12.1 Å². The van der Waals surface area contributed by atoms with Gasteiger partial charge in [-0.15, -0.1) is 0 Å². The summed E-state index contributed by atoms with van der Waals surface area (Å²) >= 11 is 0. The first-order valence-electron chi connectivity index (χ1n) is 17.5. The zero-order valence-corrected chi connectivity index (χ0v) is 31.7. The van der Waals surface area contributed by atoms with Gasteiger partial charge in [0.1, 0.15) is 12.4 Å². The van der Waals surface area contributed by atoms with Crippen LogP contribution in [0, 0.1) is 0 Å². The Labute approximate surface area is 314 Å². The number of hydrogen-bond donors (Lipinski definition) is 0. The molecule has 264 valence electrons. The van der Waals surface area contributed by atoms with Crippen LogP contribution in [-0.2, 0) is 9.13 Å². The lowest BCUT2D eigenvalue weighted by molar-refractivity contribution is 0.505. The predicted octanol–water partition coefficient (Wildman–Crippen LogP) is 11.1. The highest BCUT2D eigenvalue weighted by Gasteiger charge is 2.57. The van der Waals surface area contributed by atoms with E-state index in [0.717, 1.165) is 22.4 Å². The summed E-state index contributed by atoms with van der Waals surface area (Å²) in [6, 6.07) is 57.8. The quantitative estimate of drug-likeness (QED) is 0.155. The number of fused-ring (bicyclic) bond motifs is 3. The number of benzene rings is 7. The standard InChI is InChI=1S/C43H33N3O5P3/c1-52(44(32-17-5-2-6-18-32)38-23-11-14-26-41(38)49-52)35-29-36(53(47)45(33-19-7-3-8-20-33)39-24-12-15-27-42(39)50-53)31-37(30-35)54(48)46(34-21-9-4-10-22-34)40-25-13-16-28-43(40)51-54/h2-31H,1H3/q+1. The number of anilines is 6. The summed E-state index contributed by atoms with van der Waals surface area (Å²) in [4.78, 5) is 0. The normalized spacial score (nSPS) is 22.1. The van der Waals surface area contributed by atoms with Crippen LogP contribution in [0.25, 0.3) is 0 Å². The molecule has 3 aliphatic heterocycles. The lowest BCUT2D eigenvalue weighted by atomic mass is 10.2. The molecule has 0 bridgehead atoms. The van der Waals surface area contributed by atoms with Crippen LogP contribution in [0.5, 0.6) is 17.2 Å². The fourth-order valence-corrected chi connectivity index (χ4v) is 15.3. The van der Waals surface area contributed by atoms with Crippen molar-refractivity contribution in [3.05, 3.63) is 182 Å². The van der Waals surface area contributed by atoms with Crippen LogP contribution < -0.4 is 43.5 Å². The Balaban J connectivity index is 1.24. The molecule has 11 heteroatoms. The molecule has 3 unspecified atom stereocenters. The minimum atomic E-state index is -3.98. The van der Waals surface area contributed by atoms with E-state index in [1.807, 2.05) is 164 Å². The fourth-order valence-electron chi connectivity index (χ4n) is 7.50. The SMILES string of the molecule is C[P+]1(c2cc(P3(=O)Oc4ccccc4N3c3ccccc3)cc(P3(=O)Oc4ccccc4N3c3ccccc3)c2)Oc2ccccc2N1c1ccccc1. The van der Waals surface area contributed by atoms with E-state index in [4.69, 9.17) is 13.6 Å². The van der Waals surface area contributed by atoms with E-state index in [2.05, 4.69) is 23.5 Å². The molecule has 0 amide bonds. The second kappa shape index (κ2) is 12.4. The van der Waals surface area contributed by atoms with E-state index in [0.29, 0.717) is 44.9 Å². The molecule has 0 spiro atoms. The van der Waals surface area contributed by atoms with Gasteiger partial charge in [0.25, 0.3) is 0 Å². The molecule has 3 aliphatic rings. The minimum Gasteiger partial charge on any atom is -0.423 e. The van der Waals surface area contributed by atoms with Crippen molar-refractivity contribution in [1.82, 2.24) is 0 Å². The van der Waals surface area contributed by atoms with Gasteiger partial charge in [0.05, 0.1) is 39.0 Å². The maximum Gasteiger partial charge on any atom is 0.379 e. The van der Waals surface area contributed by atoms with E-state index < -0.39 is 22.7 Å². The van der Waals surface area contributed by atoms with E-state index in [1.165, 1.54) is 0 Å².